The minimum atomic E-state index is -1.03. The molecule has 0 heterocycles. The topological polar surface area (TPSA) is 86.5 Å². The number of hydrogen-bond acceptors (Lipinski definition) is 5. The standard InChI is InChI=1S/C19H16ClNO5/c1-11(18(22)14-6-5-12-3-2-4-13(12)9-14)26-19(23)16-10-15(21(24)25)7-8-17(16)20/h5-11H,2-4H2,1H3/t11-/m0/s1. The number of non-ortho nitro benzene ring substituents is 1. The van der Waals surface area contributed by atoms with E-state index in [1.54, 1.807) is 6.07 Å². The number of fused-ring (bicyclic) bond motifs is 1. The molecule has 134 valence electrons. The summed E-state index contributed by atoms with van der Waals surface area (Å²) in [7, 11) is 0. The number of carbonyl (C=O) groups is 2. The van der Waals surface area contributed by atoms with Gasteiger partial charge in [0, 0.05) is 17.7 Å². The molecular formula is C19H16ClNO5. The molecule has 0 radical (unpaired) electrons. The van der Waals surface area contributed by atoms with Gasteiger partial charge in [-0.05, 0) is 49.4 Å². The van der Waals surface area contributed by atoms with Crippen LogP contribution in [0.2, 0.25) is 5.02 Å². The van der Waals surface area contributed by atoms with Crippen LogP contribution in [0.1, 0.15) is 45.2 Å². The number of aryl methyl sites for hydroxylation is 2. The molecule has 0 bridgehead atoms. The molecule has 7 heteroatoms. The van der Waals surface area contributed by atoms with E-state index in [1.165, 1.54) is 24.6 Å². The van der Waals surface area contributed by atoms with Crippen LogP contribution in [0.5, 0.6) is 0 Å². The van der Waals surface area contributed by atoms with Gasteiger partial charge in [-0.15, -0.1) is 0 Å². The number of nitrogens with zero attached hydrogens (tertiary/aromatic N) is 1. The van der Waals surface area contributed by atoms with Crippen LogP contribution < -0.4 is 0 Å². The van der Waals surface area contributed by atoms with Gasteiger partial charge in [-0.3, -0.25) is 14.9 Å². The molecular weight excluding hydrogens is 358 g/mol. The molecule has 6 nitrogen and oxygen atoms in total. The van der Waals surface area contributed by atoms with E-state index in [9.17, 15) is 19.7 Å². The summed E-state index contributed by atoms with van der Waals surface area (Å²) in [5, 5.41) is 10.9. The van der Waals surface area contributed by atoms with Gasteiger partial charge in [-0.1, -0.05) is 23.7 Å². The van der Waals surface area contributed by atoms with Gasteiger partial charge in [0.2, 0.25) is 5.78 Å². The Hall–Kier alpha value is -2.73. The van der Waals surface area contributed by atoms with Crippen molar-refractivity contribution >= 4 is 29.0 Å². The Labute approximate surface area is 154 Å². The maximum atomic E-state index is 12.6. The molecule has 0 unspecified atom stereocenters. The largest absolute Gasteiger partial charge is 0.451 e. The van der Waals surface area contributed by atoms with Gasteiger partial charge >= 0.3 is 5.97 Å². The summed E-state index contributed by atoms with van der Waals surface area (Å²) < 4.78 is 5.19. The van der Waals surface area contributed by atoms with Crippen molar-refractivity contribution in [3.8, 4) is 0 Å². The molecule has 26 heavy (non-hydrogen) atoms. The van der Waals surface area contributed by atoms with E-state index in [1.807, 2.05) is 12.1 Å². The van der Waals surface area contributed by atoms with Crippen LogP contribution in [0.15, 0.2) is 36.4 Å². The Morgan fingerprint density at radius 2 is 1.88 bits per heavy atom. The Bertz CT molecular complexity index is 909. The predicted octanol–water partition coefficient (Wildman–Crippen LogP) is 4.17. The van der Waals surface area contributed by atoms with Gasteiger partial charge in [-0.25, -0.2) is 4.79 Å². The summed E-state index contributed by atoms with van der Waals surface area (Å²) in [5.74, 6) is -1.20. The van der Waals surface area contributed by atoms with Crippen molar-refractivity contribution in [1.82, 2.24) is 0 Å². The fourth-order valence-corrected chi connectivity index (χ4v) is 3.22. The lowest BCUT2D eigenvalue weighted by molar-refractivity contribution is -0.384. The highest BCUT2D eigenvalue weighted by Crippen LogP contribution is 2.25. The van der Waals surface area contributed by atoms with E-state index in [-0.39, 0.29) is 22.1 Å². The highest BCUT2D eigenvalue weighted by molar-refractivity contribution is 6.33. The number of esters is 1. The lowest BCUT2D eigenvalue weighted by Crippen LogP contribution is -2.24. The Morgan fingerprint density at radius 1 is 1.15 bits per heavy atom. The Kier molecular flexibility index (Phi) is 5.04. The normalized spacial score (nSPS) is 13.8. The molecule has 0 N–H and O–H groups in total. The van der Waals surface area contributed by atoms with Crippen molar-refractivity contribution in [2.45, 2.75) is 32.3 Å². The van der Waals surface area contributed by atoms with Crippen molar-refractivity contribution in [1.29, 1.82) is 0 Å². The quantitative estimate of drug-likeness (QED) is 0.340. The summed E-state index contributed by atoms with van der Waals surface area (Å²) in [6, 6.07) is 8.99. The maximum Gasteiger partial charge on any atom is 0.340 e. The number of halogens is 1. The number of nitro groups is 1. The number of ketones is 1. The lowest BCUT2D eigenvalue weighted by Gasteiger charge is -2.13. The monoisotopic (exact) mass is 373 g/mol. The van der Waals surface area contributed by atoms with Gasteiger partial charge in [0.05, 0.1) is 15.5 Å². The third-order valence-corrected chi connectivity index (χ3v) is 4.75. The maximum absolute atomic E-state index is 12.6. The van der Waals surface area contributed by atoms with Crippen LogP contribution in [-0.4, -0.2) is 22.8 Å². The fourth-order valence-electron chi connectivity index (χ4n) is 3.02. The first kappa shape index (κ1) is 18.1. The Morgan fingerprint density at radius 3 is 2.62 bits per heavy atom. The highest BCUT2D eigenvalue weighted by Gasteiger charge is 2.24. The summed E-state index contributed by atoms with van der Waals surface area (Å²) in [6.07, 6.45) is 1.99. The third-order valence-electron chi connectivity index (χ3n) is 4.42. The molecule has 1 atom stereocenters. The average Bonchev–Trinajstić information content (AvgIpc) is 3.08. The molecule has 2 aromatic carbocycles. The van der Waals surface area contributed by atoms with Crippen molar-refractivity contribution in [3.05, 3.63) is 73.8 Å². The van der Waals surface area contributed by atoms with E-state index < -0.39 is 17.0 Å². The first-order valence-electron chi connectivity index (χ1n) is 8.18. The van der Waals surface area contributed by atoms with Crippen molar-refractivity contribution in [2.24, 2.45) is 0 Å². The highest BCUT2D eigenvalue weighted by atomic mass is 35.5. The number of carbonyl (C=O) groups excluding carboxylic acids is 2. The molecule has 0 amide bonds. The van der Waals surface area contributed by atoms with Crippen molar-refractivity contribution in [2.75, 3.05) is 0 Å². The molecule has 1 aliphatic carbocycles. The van der Waals surface area contributed by atoms with Crippen molar-refractivity contribution in [3.63, 3.8) is 0 Å². The van der Waals surface area contributed by atoms with Gasteiger partial charge in [0.25, 0.3) is 5.69 Å². The van der Waals surface area contributed by atoms with Gasteiger partial charge in [0.15, 0.2) is 6.10 Å². The second-order valence-corrected chi connectivity index (χ2v) is 6.58. The first-order valence-corrected chi connectivity index (χ1v) is 8.55. The molecule has 0 spiro atoms. The third kappa shape index (κ3) is 3.60. The fraction of sp³-hybridized carbons (Fsp3) is 0.263. The number of Topliss-reactive ketones (excluding diaryl/α,β-unsaturated/α-hetero) is 1. The van der Waals surface area contributed by atoms with Crippen molar-refractivity contribution < 1.29 is 19.2 Å². The molecule has 0 aliphatic heterocycles. The minimum absolute atomic E-state index is 0.0257. The number of hydrogen-bond donors (Lipinski definition) is 0. The molecule has 2 aromatic rings. The molecule has 0 saturated carbocycles. The number of benzene rings is 2. The smallest absolute Gasteiger partial charge is 0.340 e. The van der Waals surface area contributed by atoms with Crippen LogP contribution in [0, 0.1) is 10.1 Å². The zero-order valence-corrected chi connectivity index (χ0v) is 14.8. The number of nitro benzene ring substituents is 1. The number of ether oxygens (including phenoxy) is 1. The summed E-state index contributed by atoms with van der Waals surface area (Å²) in [6.45, 7) is 1.47. The van der Waals surface area contributed by atoms with E-state index >= 15 is 0 Å². The summed E-state index contributed by atoms with van der Waals surface area (Å²) in [4.78, 5) is 35.1. The van der Waals surface area contributed by atoms with Crippen LogP contribution in [0.4, 0.5) is 5.69 Å². The van der Waals surface area contributed by atoms with E-state index in [4.69, 9.17) is 16.3 Å². The molecule has 0 aromatic heterocycles. The second kappa shape index (κ2) is 7.25. The van der Waals surface area contributed by atoms with Gasteiger partial charge < -0.3 is 4.74 Å². The van der Waals surface area contributed by atoms with E-state index in [2.05, 4.69) is 0 Å². The Balaban J connectivity index is 1.76. The summed E-state index contributed by atoms with van der Waals surface area (Å²) in [5.41, 5.74) is 2.45. The van der Waals surface area contributed by atoms with E-state index in [0.717, 1.165) is 30.9 Å². The SMILES string of the molecule is C[C@H](OC(=O)c1cc([N+](=O)[O-])ccc1Cl)C(=O)c1ccc2c(c1)CCC2. The zero-order chi connectivity index (χ0) is 18.8. The molecule has 0 saturated heterocycles. The van der Waals surface area contributed by atoms with Crippen LogP contribution in [0.25, 0.3) is 0 Å². The molecule has 1 aliphatic rings. The van der Waals surface area contributed by atoms with Gasteiger partial charge in [0.1, 0.15) is 0 Å². The zero-order valence-electron chi connectivity index (χ0n) is 14.0. The summed E-state index contributed by atoms with van der Waals surface area (Å²) >= 11 is 5.93. The number of rotatable bonds is 5. The average molecular weight is 374 g/mol. The molecule has 3 rings (SSSR count). The van der Waals surface area contributed by atoms with Crippen LogP contribution >= 0.6 is 11.6 Å². The second-order valence-electron chi connectivity index (χ2n) is 6.17. The van der Waals surface area contributed by atoms with E-state index in [0.29, 0.717) is 5.56 Å². The minimum Gasteiger partial charge on any atom is -0.451 e. The van der Waals surface area contributed by atoms with Crippen LogP contribution in [0.3, 0.4) is 0 Å². The lowest BCUT2D eigenvalue weighted by atomic mass is 10.0. The van der Waals surface area contributed by atoms with Crippen LogP contribution in [-0.2, 0) is 17.6 Å². The molecule has 0 fully saturated rings. The van der Waals surface area contributed by atoms with Gasteiger partial charge in [-0.2, -0.15) is 0 Å². The predicted molar refractivity (Wildman–Crippen MR) is 95.8 cm³/mol. The first-order chi connectivity index (χ1) is 12.4.